The van der Waals surface area contributed by atoms with Gasteiger partial charge in [-0.2, -0.15) is 0 Å². The molecule has 0 unspecified atom stereocenters. The summed E-state index contributed by atoms with van der Waals surface area (Å²) in [5.41, 5.74) is 6.69. The number of ketones is 1. The van der Waals surface area contributed by atoms with E-state index in [0.29, 0.717) is 33.6 Å². The lowest BCUT2D eigenvalue weighted by atomic mass is 10.0. The second-order valence-electron chi connectivity index (χ2n) is 8.70. The molecular formula is C29H21F2N3O5S. The summed E-state index contributed by atoms with van der Waals surface area (Å²) >= 11 is 0.818. The Morgan fingerprint density at radius 1 is 1.05 bits per heavy atom. The van der Waals surface area contributed by atoms with E-state index in [1.807, 2.05) is 0 Å². The number of halogens is 2. The maximum Gasteiger partial charge on any atom is 0.291 e. The molecule has 0 aliphatic carbocycles. The predicted octanol–water partition coefficient (Wildman–Crippen LogP) is 6.63. The van der Waals surface area contributed by atoms with Crippen LogP contribution in [-0.4, -0.2) is 22.6 Å². The first kappa shape index (κ1) is 26.7. The fourth-order valence-electron chi connectivity index (χ4n) is 4.06. The monoisotopic (exact) mass is 561 g/mol. The average molecular weight is 562 g/mol. The van der Waals surface area contributed by atoms with Gasteiger partial charge >= 0.3 is 0 Å². The lowest BCUT2D eigenvalue weighted by molar-refractivity contribution is 0.0990. The Hall–Kier alpha value is -4.90. The van der Waals surface area contributed by atoms with E-state index in [-0.39, 0.29) is 33.5 Å². The second kappa shape index (κ2) is 11.1. The number of anilines is 1. The number of hydrogen-bond acceptors (Lipinski definition) is 7. The molecule has 3 N–H and O–H groups in total. The lowest BCUT2D eigenvalue weighted by Crippen LogP contribution is -2.16. The van der Waals surface area contributed by atoms with E-state index >= 15 is 0 Å². The van der Waals surface area contributed by atoms with Gasteiger partial charge in [0.1, 0.15) is 33.5 Å². The molecule has 0 saturated carbocycles. The van der Waals surface area contributed by atoms with Crippen molar-refractivity contribution < 1.29 is 32.3 Å². The topological polar surface area (TPSA) is 125 Å². The number of Topliss-reactive ketones (excluding diaryl/α,β-unsaturated/α-hetero) is 1. The van der Waals surface area contributed by atoms with Gasteiger partial charge in [0.2, 0.25) is 0 Å². The Morgan fingerprint density at radius 3 is 2.42 bits per heavy atom. The molecule has 0 saturated heterocycles. The minimum absolute atomic E-state index is 0.0130. The number of amides is 2. The minimum Gasteiger partial charge on any atom is -0.486 e. The summed E-state index contributed by atoms with van der Waals surface area (Å²) in [5, 5.41) is 2.98. The third-order valence-electron chi connectivity index (χ3n) is 5.98. The van der Waals surface area contributed by atoms with Crippen LogP contribution < -0.4 is 15.8 Å². The van der Waals surface area contributed by atoms with Crippen LogP contribution in [0.1, 0.15) is 55.4 Å². The highest BCUT2D eigenvalue weighted by atomic mass is 32.1. The number of aromatic nitrogens is 1. The van der Waals surface area contributed by atoms with Crippen molar-refractivity contribution in [2.24, 2.45) is 5.73 Å². The molecule has 8 nitrogen and oxygen atoms in total. The van der Waals surface area contributed by atoms with Crippen LogP contribution in [0.25, 0.3) is 21.3 Å². The van der Waals surface area contributed by atoms with Gasteiger partial charge in [-0.05, 0) is 60.5 Å². The number of carbonyl (C=O) groups excluding carboxylic acids is 3. The van der Waals surface area contributed by atoms with Crippen molar-refractivity contribution in [3.05, 3.63) is 100 Å². The number of nitrogens with two attached hydrogens (primary N) is 1. The van der Waals surface area contributed by atoms with Gasteiger partial charge < -0.3 is 20.2 Å². The first-order valence-electron chi connectivity index (χ1n) is 12.0. The Morgan fingerprint density at radius 2 is 1.77 bits per heavy atom. The molecule has 5 rings (SSSR count). The Labute approximate surface area is 230 Å². The minimum atomic E-state index is -2.85. The number of nitrogens with one attached hydrogen (secondary N) is 1. The van der Waals surface area contributed by atoms with Crippen LogP contribution in [0.4, 0.5) is 14.5 Å². The molecule has 40 heavy (non-hydrogen) atoms. The average Bonchev–Trinajstić information content (AvgIpc) is 3.57. The van der Waals surface area contributed by atoms with E-state index in [1.54, 1.807) is 60.7 Å². The smallest absolute Gasteiger partial charge is 0.291 e. The molecule has 11 heteroatoms. The Kier molecular flexibility index (Phi) is 7.39. The number of fused-ring (bicyclic) bond motifs is 1. The van der Waals surface area contributed by atoms with Crippen molar-refractivity contribution in [2.75, 3.05) is 5.32 Å². The molecule has 0 bridgehead atoms. The summed E-state index contributed by atoms with van der Waals surface area (Å²) in [4.78, 5) is 41.0. The van der Waals surface area contributed by atoms with E-state index in [2.05, 4.69) is 10.3 Å². The van der Waals surface area contributed by atoms with E-state index < -0.39 is 23.9 Å². The Bertz CT molecular complexity index is 1730. The molecule has 0 aliphatic heterocycles. The SMILES string of the molecule is CC(=O)c1ccc(OCc2ccc(C(=O)Nc3c(C(N)=O)sc4nc(C(F)F)cc(-c5ccccc5)c34)o2)cc1. The van der Waals surface area contributed by atoms with Gasteiger partial charge in [-0.25, -0.2) is 13.8 Å². The van der Waals surface area contributed by atoms with Crippen LogP contribution in [0.3, 0.4) is 0 Å². The number of hydrogen-bond donors (Lipinski definition) is 2. The number of pyridine rings is 1. The zero-order valence-electron chi connectivity index (χ0n) is 20.9. The highest BCUT2D eigenvalue weighted by molar-refractivity contribution is 7.21. The normalized spacial score (nSPS) is 11.1. The highest BCUT2D eigenvalue weighted by Crippen LogP contribution is 2.42. The van der Waals surface area contributed by atoms with Crippen LogP contribution in [0.15, 0.2) is 77.2 Å². The molecule has 202 valence electrons. The number of thiophene rings is 1. The third-order valence-corrected chi connectivity index (χ3v) is 7.08. The van der Waals surface area contributed by atoms with Crippen molar-refractivity contribution >= 4 is 44.8 Å². The standard InChI is InChI=1S/C29H21F2N3O5S/c1-15(35)16-7-9-18(10-8-16)38-14-19-11-12-22(39-19)28(37)34-24-23-20(17-5-3-2-4-6-17)13-21(26(30)31)33-29(23)40-25(24)27(32)36/h2-13,26H,14H2,1H3,(H2,32,36)(H,34,37). The number of primary amides is 1. The maximum atomic E-state index is 13.7. The first-order valence-corrected chi connectivity index (χ1v) is 12.8. The lowest BCUT2D eigenvalue weighted by Gasteiger charge is -2.10. The van der Waals surface area contributed by atoms with Crippen molar-refractivity contribution in [1.82, 2.24) is 4.98 Å². The van der Waals surface area contributed by atoms with Gasteiger partial charge in [-0.3, -0.25) is 14.4 Å². The number of alkyl halides is 2. The second-order valence-corrected chi connectivity index (χ2v) is 9.70. The number of benzene rings is 2. The molecule has 0 fully saturated rings. The molecule has 0 aliphatic rings. The summed E-state index contributed by atoms with van der Waals surface area (Å²) in [6.45, 7) is 1.48. The van der Waals surface area contributed by atoms with E-state index in [9.17, 15) is 23.2 Å². The number of nitrogens with zero attached hydrogens (tertiary/aromatic N) is 1. The van der Waals surface area contributed by atoms with E-state index in [1.165, 1.54) is 19.1 Å². The summed E-state index contributed by atoms with van der Waals surface area (Å²) < 4.78 is 38.6. The van der Waals surface area contributed by atoms with Gasteiger partial charge in [0.25, 0.3) is 18.2 Å². The summed E-state index contributed by atoms with van der Waals surface area (Å²) in [6.07, 6.45) is -2.85. The van der Waals surface area contributed by atoms with Gasteiger partial charge in [-0.15, -0.1) is 11.3 Å². The Balaban J connectivity index is 1.44. The van der Waals surface area contributed by atoms with Crippen molar-refractivity contribution in [3.8, 4) is 16.9 Å². The zero-order chi connectivity index (χ0) is 28.4. The van der Waals surface area contributed by atoms with E-state index in [0.717, 1.165) is 11.3 Å². The molecular weight excluding hydrogens is 540 g/mol. The molecule has 2 amide bonds. The number of ether oxygens (including phenoxy) is 1. The van der Waals surface area contributed by atoms with Crippen molar-refractivity contribution in [2.45, 2.75) is 20.0 Å². The zero-order valence-corrected chi connectivity index (χ0v) is 21.8. The molecule has 5 aromatic rings. The van der Waals surface area contributed by atoms with Crippen LogP contribution in [-0.2, 0) is 6.61 Å². The number of carbonyl (C=O) groups is 3. The molecule has 2 aromatic carbocycles. The quantitative estimate of drug-likeness (QED) is 0.195. The summed E-state index contributed by atoms with van der Waals surface area (Å²) in [5.74, 6) is -0.811. The highest BCUT2D eigenvalue weighted by Gasteiger charge is 2.26. The summed E-state index contributed by atoms with van der Waals surface area (Å²) in [6, 6.07) is 19.5. The molecule has 0 radical (unpaired) electrons. The van der Waals surface area contributed by atoms with Crippen molar-refractivity contribution in [3.63, 3.8) is 0 Å². The fraction of sp³-hybridized carbons (Fsp3) is 0.103. The third kappa shape index (κ3) is 5.45. The van der Waals surface area contributed by atoms with E-state index in [4.69, 9.17) is 14.9 Å². The number of rotatable bonds is 9. The van der Waals surface area contributed by atoms with Gasteiger partial charge in [0.05, 0.1) is 5.69 Å². The molecule has 3 aromatic heterocycles. The van der Waals surface area contributed by atoms with Gasteiger partial charge in [0, 0.05) is 10.9 Å². The van der Waals surface area contributed by atoms with Crippen LogP contribution in [0.2, 0.25) is 0 Å². The molecule has 3 heterocycles. The fourth-order valence-corrected chi connectivity index (χ4v) is 5.07. The largest absolute Gasteiger partial charge is 0.486 e. The van der Waals surface area contributed by atoms with Gasteiger partial charge in [0.15, 0.2) is 11.5 Å². The van der Waals surface area contributed by atoms with Gasteiger partial charge in [-0.1, -0.05) is 30.3 Å². The molecule has 0 spiro atoms. The summed E-state index contributed by atoms with van der Waals surface area (Å²) in [7, 11) is 0. The van der Waals surface area contributed by atoms with Crippen LogP contribution in [0.5, 0.6) is 5.75 Å². The molecule has 0 atom stereocenters. The number of furan rings is 1. The van der Waals surface area contributed by atoms with Crippen molar-refractivity contribution in [1.29, 1.82) is 0 Å². The first-order chi connectivity index (χ1) is 19.2. The maximum absolute atomic E-state index is 13.7. The predicted molar refractivity (Wildman–Crippen MR) is 146 cm³/mol. The van der Waals surface area contributed by atoms with Crippen LogP contribution in [0, 0.1) is 0 Å². The van der Waals surface area contributed by atoms with Crippen LogP contribution >= 0.6 is 11.3 Å².